The highest BCUT2D eigenvalue weighted by molar-refractivity contribution is 6.32. The normalized spacial score (nSPS) is 15.3. The lowest BCUT2D eigenvalue weighted by atomic mass is 10.2. The first-order valence-electron chi connectivity index (χ1n) is 6.95. The van der Waals surface area contributed by atoms with Crippen molar-refractivity contribution in [1.29, 1.82) is 0 Å². The molecule has 0 spiro atoms. The third kappa shape index (κ3) is 2.68. The van der Waals surface area contributed by atoms with Crippen LogP contribution in [0, 0.1) is 5.82 Å². The molecular weight excluding hydrogens is 386 g/mol. The number of nitrogen functional groups attached to an aromatic ring is 1. The fourth-order valence-corrected chi connectivity index (χ4v) is 2.68. The van der Waals surface area contributed by atoms with Crippen molar-refractivity contribution in [2.45, 2.75) is 25.8 Å². The second kappa shape index (κ2) is 5.40. The van der Waals surface area contributed by atoms with Crippen LogP contribution in [-0.2, 0) is 6.18 Å². The lowest BCUT2D eigenvalue weighted by Crippen LogP contribution is -2.45. The number of ether oxygens (including phenoxy) is 2. The van der Waals surface area contributed by atoms with Crippen molar-refractivity contribution in [2.75, 3.05) is 5.84 Å². The van der Waals surface area contributed by atoms with E-state index in [1.807, 2.05) is 0 Å². The number of rotatable bonds is 1. The molecule has 2 N–H and O–H groups in total. The molecule has 0 fully saturated rings. The molecule has 12 heteroatoms. The van der Waals surface area contributed by atoms with Crippen molar-refractivity contribution in [3.8, 4) is 17.2 Å². The molecule has 140 valence electrons. The Morgan fingerprint density at radius 2 is 1.73 bits per heavy atom. The van der Waals surface area contributed by atoms with Crippen molar-refractivity contribution < 1.29 is 27.0 Å². The van der Waals surface area contributed by atoms with Gasteiger partial charge >= 0.3 is 11.9 Å². The maximum atomic E-state index is 14.5. The quantitative estimate of drug-likeness (QED) is 0.589. The zero-order chi connectivity index (χ0) is 19.6. The molecule has 0 unspecified atom stereocenters. The van der Waals surface area contributed by atoms with E-state index in [0.717, 1.165) is 6.07 Å². The standard InChI is InChI=1S/C14H10ClF4N3O4/c1-13(2)25-10-5(15)3-6(16)9(11(10)26-13)21-8(23)4-7(14(17,18)19)22(20)12(21)24/h3-4H,20H2,1-2H3. The van der Waals surface area contributed by atoms with Crippen LogP contribution in [0.4, 0.5) is 17.6 Å². The van der Waals surface area contributed by atoms with Crippen molar-refractivity contribution in [1.82, 2.24) is 9.24 Å². The minimum Gasteiger partial charge on any atom is -0.447 e. The molecule has 26 heavy (non-hydrogen) atoms. The van der Waals surface area contributed by atoms with Crippen LogP contribution in [-0.4, -0.2) is 15.0 Å². The molecule has 0 saturated carbocycles. The van der Waals surface area contributed by atoms with Crippen molar-refractivity contribution in [3.05, 3.63) is 49.5 Å². The SMILES string of the molecule is CC1(C)Oc2c(Cl)cc(F)c(-n3c(=O)cc(C(F)(F)F)n(N)c3=O)c2O1. The number of alkyl halides is 3. The Labute approximate surface area is 147 Å². The molecule has 0 bridgehead atoms. The van der Waals surface area contributed by atoms with Crippen LogP contribution in [0.2, 0.25) is 5.02 Å². The largest absolute Gasteiger partial charge is 0.447 e. The summed E-state index contributed by atoms with van der Waals surface area (Å²) in [5, 5.41) is -0.208. The summed E-state index contributed by atoms with van der Waals surface area (Å²) in [6, 6.07) is 0.813. The van der Waals surface area contributed by atoms with Gasteiger partial charge in [0.15, 0.2) is 23.0 Å². The van der Waals surface area contributed by atoms with Gasteiger partial charge in [0.05, 0.1) is 5.02 Å². The fourth-order valence-electron chi connectivity index (χ4n) is 2.46. The third-order valence-electron chi connectivity index (χ3n) is 3.47. The van der Waals surface area contributed by atoms with Gasteiger partial charge in [-0.25, -0.2) is 18.4 Å². The Bertz CT molecular complexity index is 1040. The van der Waals surface area contributed by atoms with Gasteiger partial charge in [0.2, 0.25) is 5.79 Å². The van der Waals surface area contributed by atoms with Crippen molar-refractivity contribution in [2.24, 2.45) is 0 Å². The van der Waals surface area contributed by atoms with Crippen LogP contribution < -0.4 is 26.6 Å². The Morgan fingerprint density at radius 3 is 2.31 bits per heavy atom. The summed E-state index contributed by atoms with van der Waals surface area (Å²) >= 11 is 5.87. The molecule has 2 heterocycles. The summed E-state index contributed by atoms with van der Waals surface area (Å²) in [4.78, 5) is 24.4. The van der Waals surface area contributed by atoms with Gasteiger partial charge in [-0.1, -0.05) is 11.6 Å². The Kier molecular flexibility index (Phi) is 3.76. The first-order chi connectivity index (χ1) is 11.8. The van der Waals surface area contributed by atoms with Crippen LogP contribution >= 0.6 is 11.6 Å². The van der Waals surface area contributed by atoms with Gasteiger partial charge in [0.1, 0.15) is 5.69 Å². The zero-order valence-corrected chi connectivity index (χ0v) is 13.9. The van der Waals surface area contributed by atoms with E-state index in [1.54, 1.807) is 0 Å². The van der Waals surface area contributed by atoms with Crippen LogP contribution in [0.15, 0.2) is 21.7 Å². The molecule has 3 rings (SSSR count). The molecule has 0 radical (unpaired) electrons. The van der Waals surface area contributed by atoms with Gasteiger partial charge < -0.3 is 15.3 Å². The van der Waals surface area contributed by atoms with E-state index in [1.165, 1.54) is 13.8 Å². The topological polar surface area (TPSA) is 88.5 Å². The molecule has 7 nitrogen and oxygen atoms in total. The van der Waals surface area contributed by atoms with Gasteiger partial charge in [0, 0.05) is 19.9 Å². The number of hydrogen-bond acceptors (Lipinski definition) is 5. The van der Waals surface area contributed by atoms with Gasteiger partial charge in [0.25, 0.3) is 5.56 Å². The van der Waals surface area contributed by atoms with E-state index in [0.29, 0.717) is 0 Å². The molecular formula is C14H10ClF4N3O4. The predicted molar refractivity (Wildman–Crippen MR) is 81.8 cm³/mol. The third-order valence-corrected chi connectivity index (χ3v) is 3.75. The maximum absolute atomic E-state index is 14.5. The average molecular weight is 396 g/mol. The van der Waals surface area contributed by atoms with E-state index < -0.39 is 46.2 Å². The highest BCUT2D eigenvalue weighted by atomic mass is 35.5. The Balaban J connectivity index is 2.38. The summed E-state index contributed by atoms with van der Waals surface area (Å²) in [5.74, 6) is 2.09. The van der Waals surface area contributed by atoms with E-state index in [9.17, 15) is 27.2 Å². The first-order valence-corrected chi connectivity index (χ1v) is 7.33. The second-order valence-electron chi connectivity index (χ2n) is 5.80. The van der Waals surface area contributed by atoms with E-state index >= 15 is 0 Å². The monoisotopic (exact) mass is 395 g/mol. The van der Waals surface area contributed by atoms with Crippen LogP contribution in [0.1, 0.15) is 19.5 Å². The minimum absolute atomic E-state index is 0.0722. The summed E-state index contributed by atoms with van der Waals surface area (Å²) in [5.41, 5.74) is -5.52. The van der Waals surface area contributed by atoms with Gasteiger partial charge in [-0.15, -0.1) is 0 Å². The van der Waals surface area contributed by atoms with Crippen LogP contribution in [0.5, 0.6) is 11.5 Å². The molecule has 1 aromatic carbocycles. The molecule has 1 aromatic heterocycles. The Hall–Kier alpha value is -2.69. The Morgan fingerprint density at radius 1 is 1.15 bits per heavy atom. The molecule has 0 saturated heterocycles. The summed E-state index contributed by atoms with van der Waals surface area (Å²) in [7, 11) is 0. The fraction of sp³-hybridized carbons (Fsp3) is 0.286. The highest BCUT2D eigenvalue weighted by Gasteiger charge is 2.40. The number of hydrogen-bond donors (Lipinski definition) is 1. The van der Waals surface area contributed by atoms with E-state index in [2.05, 4.69) is 0 Å². The average Bonchev–Trinajstić information content (AvgIpc) is 2.81. The van der Waals surface area contributed by atoms with Gasteiger partial charge in [-0.05, 0) is 6.07 Å². The summed E-state index contributed by atoms with van der Waals surface area (Å²) in [6.45, 7) is 2.89. The number of nitrogens with two attached hydrogens (primary N) is 1. The number of benzene rings is 1. The van der Waals surface area contributed by atoms with Gasteiger partial charge in [-0.3, -0.25) is 4.79 Å². The number of halogens is 5. The first kappa shape index (κ1) is 18.1. The van der Waals surface area contributed by atoms with Gasteiger partial charge in [-0.2, -0.15) is 13.2 Å². The predicted octanol–water partition coefficient (Wildman–Crippen LogP) is 2.03. The van der Waals surface area contributed by atoms with Crippen LogP contribution in [0.25, 0.3) is 5.69 Å². The highest BCUT2D eigenvalue weighted by Crippen LogP contribution is 2.48. The molecule has 0 amide bonds. The molecule has 0 atom stereocenters. The smallest absolute Gasteiger partial charge is 0.433 e. The van der Waals surface area contributed by atoms with Crippen molar-refractivity contribution >= 4 is 11.6 Å². The second-order valence-corrected chi connectivity index (χ2v) is 6.21. The lowest BCUT2D eigenvalue weighted by Gasteiger charge is -2.17. The molecule has 1 aliphatic heterocycles. The molecule has 0 aliphatic carbocycles. The number of fused-ring (bicyclic) bond motifs is 1. The summed E-state index contributed by atoms with van der Waals surface area (Å²) in [6.07, 6.45) is -5.06. The molecule has 1 aliphatic rings. The van der Waals surface area contributed by atoms with E-state index in [4.69, 9.17) is 26.9 Å². The zero-order valence-electron chi connectivity index (χ0n) is 13.1. The van der Waals surface area contributed by atoms with Crippen LogP contribution in [0.3, 0.4) is 0 Å². The lowest BCUT2D eigenvalue weighted by molar-refractivity contribution is -0.143. The number of aromatic nitrogens is 2. The van der Waals surface area contributed by atoms with E-state index in [-0.39, 0.29) is 26.1 Å². The number of nitrogens with zero attached hydrogens (tertiary/aromatic N) is 2. The molecule has 2 aromatic rings. The minimum atomic E-state index is -5.06. The summed E-state index contributed by atoms with van der Waals surface area (Å²) < 4.78 is 63.7. The maximum Gasteiger partial charge on any atom is 0.433 e. The van der Waals surface area contributed by atoms with Crippen molar-refractivity contribution in [3.63, 3.8) is 0 Å².